The van der Waals surface area contributed by atoms with Crippen LogP contribution in [0.2, 0.25) is 0 Å². The van der Waals surface area contributed by atoms with Crippen LogP contribution < -0.4 is 20.1 Å². The monoisotopic (exact) mass is 422 g/mol. The molecule has 0 aromatic heterocycles. The first-order valence-electron chi connectivity index (χ1n) is 8.66. The number of alkyl halides is 2. The van der Waals surface area contributed by atoms with Gasteiger partial charge in [0.15, 0.2) is 5.96 Å². The summed E-state index contributed by atoms with van der Waals surface area (Å²) >= 11 is 0. The number of benzene rings is 1. The molecule has 0 aliphatic heterocycles. The zero-order valence-corrected chi connectivity index (χ0v) is 17.2. The van der Waals surface area contributed by atoms with Crippen molar-refractivity contribution in [1.29, 1.82) is 0 Å². The highest BCUT2D eigenvalue weighted by Crippen LogP contribution is 2.19. The van der Waals surface area contributed by atoms with Crippen molar-refractivity contribution in [3.8, 4) is 5.75 Å². The number of nitrogens with zero attached hydrogens (tertiary/aromatic N) is 1. The number of aliphatic imine (C=N–C) groups is 1. The molecule has 1 rings (SSSR count). The van der Waals surface area contributed by atoms with Crippen LogP contribution in [0.3, 0.4) is 0 Å². The highest BCUT2D eigenvalue weighted by Gasteiger charge is 2.22. The third kappa shape index (κ3) is 9.81. The lowest BCUT2D eigenvalue weighted by Crippen LogP contribution is -2.47. The predicted octanol–water partition coefficient (Wildman–Crippen LogP) is 1.20. The van der Waals surface area contributed by atoms with Gasteiger partial charge in [0.05, 0.1) is 18.9 Å². The average Bonchev–Trinajstić information content (AvgIpc) is 2.55. The summed E-state index contributed by atoms with van der Waals surface area (Å²) in [4.78, 5) is 4.33. The summed E-state index contributed by atoms with van der Waals surface area (Å²) in [5.74, 6) is 0.414. The standard InChI is InChI=1S/C17H28F2N4O4S/c1-5-20-16(22-11-17(2,3)23-28(4,25)26)21-10-14(24)12-6-8-13(9-7-12)27-15(18)19/h6-9,14-15,23-24H,5,10-11H2,1-4H3,(H2,20,21,22). The summed E-state index contributed by atoms with van der Waals surface area (Å²) in [6.45, 7) is 3.23. The first kappa shape index (κ1) is 24.1. The van der Waals surface area contributed by atoms with Crippen molar-refractivity contribution >= 4 is 16.0 Å². The van der Waals surface area contributed by atoms with E-state index in [4.69, 9.17) is 0 Å². The Morgan fingerprint density at radius 3 is 2.36 bits per heavy atom. The fraction of sp³-hybridized carbons (Fsp3) is 0.588. The third-order valence-corrected chi connectivity index (χ3v) is 4.31. The lowest BCUT2D eigenvalue weighted by Gasteiger charge is -2.23. The first-order valence-corrected chi connectivity index (χ1v) is 10.5. The van der Waals surface area contributed by atoms with Gasteiger partial charge in [-0.1, -0.05) is 12.1 Å². The van der Waals surface area contributed by atoms with E-state index in [2.05, 4.69) is 25.1 Å². The topological polar surface area (TPSA) is 112 Å². The van der Waals surface area contributed by atoms with E-state index < -0.39 is 28.3 Å². The second-order valence-electron chi connectivity index (χ2n) is 6.80. The Morgan fingerprint density at radius 1 is 1.25 bits per heavy atom. The van der Waals surface area contributed by atoms with Crippen molar-refractivity contribution in [2.24, 2.45) is 4.99 Å². The summed E-state index contributed by atoms with van der Waals surface area (Å²) in [5.41, 5.74) is -0.265. The van der Waals surface area contributed by atoms with E-state index in [1.807, 2.05) is 6.92 Å². The summed E-state index contributed by atoms with van der Waals surface area (Å²) in [7, 11) is -3.37. The predicted molar refractivity (Wildman–Crippen MR) is 104 cm³/mol. The number of guanidine groups is 1. The lowest BCUT2D eigenvalue weighted by molar-refractivity contribution is -0.0498. The minimum atomic E-state index is -3.37. The number of hydrogen-bond donors (Lipinski definition) is 4. The Bertz CT molecular complexity index is 740. The van der Waals surface area contributed by atoms with Gasteiger partial charge < -0.3 is 20.5 Å². The van der Waals surface area contributed by atoms with Crippen LogP contribution in [-0.2, 0) is 10.0 Å². The number of ether oxygens (including phenoxy) is 1. The van der Waals surface area contributed by atoms with Gasteiger partial charge >= 0.3 is 6.61 Å². The molecule has 1 unspecified atom stereocenters. The molecule has 0 amide bonds. The molecule has 0 fully saturated rings. The maximum Gasteiger partial charge on any atom is 0.387 e. The fourth-order valence-electron chi connectivity index (χ4n) is 2.34. The summed E-state index contributed by atoms with van der Waals surface area (Å²) < 4.78 is 53.9. The molecular formula is C17H28F2N4O4S. The van der Waals surface area contributed by atoms with Crippen molar-refractivity contribution in [1.82, 2.24) is 15.4 Å². The molecule has 0 saturated heterocycles. The highest BCUT2D eigenvalue weighted by molar-refractivity contribution is 7.88. The summed E-state index contributed by atoms with van der Waals surface area (Å²) in [6, 6.07) is 5.69. The first-order chi connectivity index (χ1) is 12.9. The van der Waals surface area contributed by atoms with Gasteiger partial charge in [0, 0.05) is 18.6 Å². The quantitative estimate of drug-likeness (QED) is 0.333. The van der Waals surface area contributed by atoms with Gasteiger partial charge in [-0.05, 0) is 38.5 Å². The van der Waals surface area contributed by atoms with Crippen LogP contribution in [-0.4, -0.2) is 57.5 Å². The van der Waals surface area contributed by atoms with E-state index in [1.54, 1.807) is 13.8 Å². The van der Waals surface area contributed by atoms with Crippen molar-refractivity contribution in [2.75, 3.05) is 25.9 Å². The number of halogens is 2. The smallest absolute Gasteiger partial charge is 0.387 e. The van der Waals surface area contributed by atoms with Gasteiger partial charge in [0.25, 0.3) is 0 Å². The zero-order valence-electron chi connectivity index (χ0n) is 16.4. The van der Waals surface area contributed by atoms with Crippen molar-refractivity contribution in [3.05, 3.63) is 29.8 Å². The van der Waals surface area contributed by atoms with Crippen LogP contribution in [0.4, 0.5) is 8.78 Å². The van der Waals surface area contributed by atoms with Crippen LogP contribution in [0.5, 0.6) is 5.75 Å². The van der Waals surface area contributed by atoms with E-state index in [1.165, 1.54) is 24.3 Å². The van der Waals surface area contributed by atoms with Gasteiger partial charge in [-0.25, -0.2) is 13.1 Å². The Labute approximate surface area is 164 Å². The number of rotatable bonds is 10. The van der Waals surface area contributed by atoms with Crippen LogP contribution in [0.15, 0.2) is 29.3 Å². The molecule has 1 aromatic rings. The number of sulfonamides is 1. The minimum absolute atomic E-state index is 0.00872. The average molecular weight is 422 g/mol. The zero-order chi connectivity index (χ0) is 21.4. The molecule has 1 aromatic carbocycles. The minimum Gasteiger partial charge on any atom is -0.435 e. The van der Waals surface area contributed by atoms with E-state index >= 15 is 0 Å². The van der Waals surface area contributed by atoms with Gasteiger partial charge in [-0.2, -0.15) is 8.78 Å². The van der Waals surface area contributed by atoms with Gasteiger partial charge in [-0.15, -0.1) is 0 Å². The van der Waals surface area contributed by atoms with E-state index in [-0.39, 0.29) is 18.8 Å². The highest BCUT2D eigenvalue weighted by atomic mass is 32.2. The molecule has 0 aliphatic rings. The lowest BCUT2D eigenvalue weighted by atomic mass is 10.1. The van der Waals surface area contributed by atoms with Crippen LogP contribution in [0.1, 0.15) is 32.4 Å². The molecule has 11 heteroatoms. The number of nitrogens with one attached hydrogen (secondary N) is 3. The summed E-state index contributed by atoms with van der Waals surface area (Å²) in [5, 5.41) is 16.2. The second kappa shape index (κ2) is 10.5. The Morgan fingerprint density at radius 2 is 1.86 bits per heavy atom. The molecule has 1 atom stereocenters. The molecule has 28 heavy (non-hydrogen) atoms. The maximum atomic E-state index is 12.2. The number of hydrogen-bond acceptors (Lipinski definition) is 5. The van der Waals surface area contributed by atoms with Crippen LogP contribution in [0.25, 0.3) is 0 Å². The van der Waals surface area contributed by atoms with Gasteiger partial charge in [-0.3, -0.25) is 4.99 Å². The normalized spacial score (nSPS) is 14.1. The van der Waals surface area contributed by atoms with Crippen molar-refractivity contribution in [2.45, 2.75) is 39.0 Å². The molecule has 4 N–H and O–H groups in total. The Balaban J connectivity index is 2.68. The van der Waals surface area contributed by atoms with Gasteiger partial charge in [0.1, 0.15) is 5.75 Å². The molecule has 160 valence electrons. The molecule has 0 spiro atoms. The van der Waals surface area contributed by atoms with E-state index in [0.717, 1.165) is 6.26 Å². The second-order valence-corrected chi connectivity index (χ2v) is 8.55. The molecule has 0 heterocycles. The number of aliphatic hydroxyl groups excluding tert-OH is 1. The van der Waals surface area contributed by atoms with Crippen LogP contribution >= 0.6 is 0 Å². The largest absolute Gasteiger partial charge is 0.435 e. The molecule has 0 bridgehead atoms. The third-order valence-electron chi connectivity index (χ3n) is 3.39. The van der Waals surface area contributed by atoms with Crippen molar-refractivity contribution < 1.29 is 27.0 Å². The van der Waals surface area contributed by atoms with E-state index in [0.29, 0.717) is 18.1 Å². The van der Waals surface area contributed by atoms with Gasteiger partial charge in [0.2, 0.25) is 10.0 Å². The molecular weight excluding hydrogens is 394 g/mol. The Hall–Kier alpha value is -1.98. The molecule has 0 radical (unpaired) electrons. The molecule has 8 nitrogen and oxygen atoms in total. The summed E-state index contributed by atoms with van der Waals surface area (Å²) in [6.07, 6.45) is 0.169. The SMILES string of the molecule is CCNC(=NCC(C)(C)NS(C)(=O)=O)NCC(O)c1ccc(OC(F)F)cc1. The number of aliphatic hydroxyl groups is 1. The van der Waals surface area contributed by atoms with Crippen molar-refractivity contribution in [3.63, 3.8) is 0 Å². The molecule has 0 aliphatic carbocycles. The maximum absolute atomic E-state index is 12.2. The van der Waals surface area contributed by atoms with Crippen LogP contribution in [0, 0.1) is 0 Å². The Kier molecular flexibility index (Phi) is 9.05. The fourth-order valence-corrected chi connectivity index (χ4v) is 3.40. The van der Waals surface area contributed by atoms with E-state index in [9.17, 15) is 22.3 Å². The molecule has 0 saturated carbocycles.